The van der Waals surface area contributed by atoms with Crippen LogP contribution in [0.5, 0.6) is 0 Å². The molecule has 0 amide bonds. The molecule has 8 heteroatoms. The molecule has 0 bridgehead atoms. The highest BCUT2D eigenvalue weighted by atomic mass is 16.3. The van der Waals surface area contributed by atoms with Gasteiger partial charge in [-0.3, -0.25) is 9.36 Å². The fourth-order valence-electron chi connectivity index (χ4n) is 4.14. The van der Waals surface area contributed by atoms with E-state index in [0.717, 1.165) is 45.3 Å². The summed E-state index contributed by atoms with van der Waals surface area (Å²) in [6, 6.07) is 32.0. The van der Waals surface area contributed by atoms with Crippen LogP contribution >= 0.6 is 0 Å². The van der Waals surface area contributed by atoms with Crippen LogP contribution in [0.1, 0.15) is 11.1 Å². The molecule has 6 rings (SSSR count). The molecule has 0 unspecified atom stereocenters. The number of nitroso groups, excluding NO2 is 1. The van der Waals surface area contributed by atoms with Gasteiger partial charge in [-0.05, 0) is 35.4 Å². The van der Waals surface area contributed by atoms with E-state index in [0.29, 0.717) is 5.69 Å². The third kappa shape index (κ3) is 5.88. The predicted molar refractivity (Wildman–Crippen MR) is 146 cm³/mol. The van der Waals surface area contributed by atoms with E-state index in [9.17, 15) is 4.91 Å². The number of nitrogen functional groups attached to an aromatic ring is 1. The van der Waals surface area contributed by atoms with Gasteiger partial charge in [-0.2, -0.15) is 10.2 Å². The minimum atomic E-state index is 0. The number of fused-ring (bicyclic) bond motifs is 2. The maximum Gasteiger partial charge on any atom is 0.256 e. The number of hydrogen-bond acceptors (Lipinski definition) is 5. The van der Waals surface area contributed by atoms with Crippen LogP contribution in [0.4, 0.5) is 11.4 Å². The van der Waals surface area contributed by atoms with Crippen molar-refractivity contribution in [2.24, 2.45) is 0 Å². The van der Waals surface area contributed by atoms with Gasteiger partial charge in [-0.15, -0.1) is 0 Å². The van der Waals surface area contributed by atoms with Gasteiger partial charge in [-0.1, -0.05) is 60.7 Å². The standard InChI is InChI=1S/C15H14N3O.C14H13N3.H2O/c1-17(19)14-7-8-15-13(9-14)10-16-18(15)11-12-5-3-2-4-6-12;15-13-6-7-14-12(8-13)9-16-17(14)10-11-4-2-1-3-5-11;/h2-10H,11H2,1H3;1-9H,10,15H2;1H2/q+1;;/p-1. The average Bonchev–Trinajstić information content (AvgIpc) is 3.49. The molecule has 6 aromatic rings. The minimum Gasteiger partial charge on any atom is -0.870 e. The molecule has 0 fully saturated rings. The first kappa shape index (κ1) is 25.3. The number of nitrogens with two attached hydrogens (primary N) is 1. The number of hydrogen-bond donors (Lipinski definition) is 1. The van der Waals surface area contributed by atoms with Crippen LogP contribution in [0.15, 0.2) is 109 Å². The minimum absolute atomic E-state index is 0. The van der Waals surface area contributed by atoms with Gasteiger partial charge in [0.2, 0.25) is 0 Å². The van der Waals surface area contributed by atoms with Gasteiger partial charge in [0.15, 0.2) is 7.05 Å². The molecule has 0 saturated carbocycles. The first-order valence-corrected chi connectivity index (χ1v) is 11.7. The Bertz CT molecular complexity index is 1620. The van der Waals surface area contributed by atoms with E-state index in [-0.39, 0.29) is 5.48 Å². The monoisotopic (exact) mass is 492 g/mol. The Morgan fingerprint density at radius 1 is 0.703 bits per heavy atom. The molecule has 3 N–H and O–H groups in total. The molecule has 0 aliphatic rings. The van der Waals surface area contributed by atoms with E-state index in [1.165, 1.54) is 18.2 Å². The molecule has 0 saturated heterocycles. The van der Waals surface area contributed by atoms with Crippen molar-refractivity contribution < 1.29 is 10.2 Å². The van der Waals surface area contributed by atoms with Crippen LogP contribution in [0.3, 0.4) is 0 Å². The topological polar surface area (TPSA) is 112 Å². The van der Waals surface area contributed by atoms with Gasteiger partial charge in [0.1, 0.15) is 0 Å². The number of benzene rings is 4. The second kappa shape index (κ2) is 11.3. The summed E-state index contributed by atoms with van der Waals surface area (Å²) in [6.07, 6.45) is 3.65. The second-order valence-electron chi connectivity index (χ2n) is 8.63. The average molecular weight is 493 g/mol. The van der Waals surface area contributed by atoms with E-state index < -0.39 is 0 Å². The van der Waals surface area contributed by atoms with Crippen molar-refractivity contribution in [1.82, 2.24) is 19.6 Å². The van der Waals surface area contributed by atoms with Crippen molar-refractivity contribution in [3.05, 3.63) is 125 Å². The Morgan fingerprint density at radius 2 is 1.19 bits per heavy atom. The SMILES string of the molecule is C[N+](=O)c1ccc2c(cnn2Cc2ccccc2)c1.Nc1ccc2c(cnn2Cc2ccccc2)c1.[OH-]. The molecular weight excluding hydrogens is 464 g/mol. The number of nitrogens with zero attached hydrogens (tertiary/aromatic N) is 5. The molecule has 0 aliphatic carbocycles. The van der Waals surface area contributed by atoms with Crippen molar-refractivity contribution in [3.8, 4) is 0 Å². The van der Waals surface area contributed by atoms with Crippen LogP contribution in [0, 0.1) is 4.91 Å². The normalized spacial score (nSPS) is 10.5. The Labute approximate surface area is 214 Å². The van der Waals surface area contributed by atoms with Gasteiger partial charge in [-0.25, -0.2) is 0 Å². The summed E-state index contributed by atoms with van der Waals surface area (Å²) in [5.41, 5.74) is 11.8. The van der Waals surface area contributed by atoms with Crippen molar-refractivity contribution >= 4 is 33.2 Å². The smallest absolute Gasteiger partial charge is 0.256 e. The second-order valence-corrected chi connectivity index (χ2v) is 8.63. The summed E-state index contributed by atoms with van der Waals surface area (Å²) >= 11 is 0. The zero-order valence-electron chi connectivity index (χ0n) is 20.5. The molecule has 0 radical (unpaired) electrons. The first-order valence-electron chi connectivity index (χ1n) is 11.7. The van der Waals surface area contributed by atoms with Gasteiger partial charge < -0.3 is 11.2 Å². The van der Waals surface area contributed by atoms with Crippen LogP contribution in [0.25, 0.3) is 21.8 Å². The van der Waals surface area contributed by atoms with Gasteiger partial charge >= 0.3 is 0 Å². The molecule has 0 aliphatic heterocycles. The number of anilines is 1. The number of aromatic nitrogens is 4. The maximum atomic E-state index is 11.3. The fourth-order valence-corrected chi connectivity index (χ4v) is 4.14. The molecule has 186 valence electrons. The molecular formula is C29H28N6O2. The summed E-state index contributed by atoms with van der Waals surface area (Å²) in [5.74, 6) is 0. The zero-order chi connectivity index (χ0) is 24.9. The highest BCUT2D eigenvalue weighted by molar-refractivity contribution is 5.82. The van der Waals surface area contributed by atoms with E-state index in [1.807, 2.05) is 88.4 Å². The molecule has 2 aromatic heterocycles. The Hall–Kier alpha value is -4.82. The van der Waals surface area contributed by atoms with E-state index in [4.69, 9.17) is 5.73 Å². The summed E-state index contributed by atoms with van der Waals surface area (Å²) in [5, 5.41) is 10.8. The van der Waals surface area contributed by atoms with Gasteiger partial charge in [0.05, 0.1) is 36.5 Å². The highest BCUT2D eigenvalue weighted by Crippen LogP contribution is 2.21. The quantitative estimate of drug-likeness (QED) is 0.248. The third-order valence-corrected chi connectivity index (χ3v) is 6.01. The lowest BCUT2D eigenvalue weighted by Gasteiger charge is -2.03. The lowest BCUT2D eigenvalue weighted by Crippen LogP contribution is -2.01. The van der Waals surface area contributed by atoms with Crippen molar-refractivity contribution in [3.63, 3.8) is 0 Å². The van der Waals surface area contributed by atoms with Gasteiger partial charge in [0.25, 0.3) is 5.69 Å². The first-order chi connectivity index (χ1) is 17.6. The zero-order valence-corrected chi connectivity index (χ0v) is 20.5. The predicted octanol–water partition coefficient (Wildman–Crippen LogP) is 5.61. The number of rotatable bonds is 5. The van der Waals surface area contributed by atoms with Crippen LogP contribution in [0.2, 0.25) is 0 Å². The van der Waals surface area contributed by atoms with Crippen LogP contribution in [-0.4, -0.2) is 36.8 Å². The Kier molecular flexibility index (Phi) is 7.71. The summed E-state index contributed by atoms with van der Waals surface area (Å²) in [4.78, 5) is 11.3. The lowest BCUT2D eigenvalue weighted by molar-refractivity contribution is -0.428. The summed E-state index contributed by atoms with van der Waals surface area (Å²) in [6.45, 7) is 1.52. The Morgan fingerprint density at radius 3 is 1.70 bits per heavy atom. The largest absolute Gasteiger partial charge is 0.870 e. The highest BCUT2D eigenvalue weighted by Gasteiger charge is 2.10. The van der Waals surface area contributed by atoms with Crippen LogP contribution < -0.4 is 5.73 Å². The van der Waals surface area contributed by atoms with E-state index in [1.54, 1.807) is 6.20 Å². The fraction of sp³-hybridized carbons (Fsp3) is 0.103. The van der Waals surface area contributed by atoms with E-state index in [2.05, 4.69) is 34.5 Å². The molecule has 37 heavy (non-hydrogen) atoms. The Balaban J connectivity index is 0.000000169. The molecule has 8 nitrogen and oxygen atoms in total. The van der Waals surface area contributed by atoms with E-state index >= 15 is 0 Å². The molecule has 2 heterocycles. The van der Waals surface area contributed by atoms with Crippen molar-refractivity contribution in [1.29, 1.82) is 0 Å². The summed E-state index contributed by atoms with van der Waals surface area (Å²) < 4.78 is 4.79. The molecule has 0 atom stereocenters. The molecule has 0 spiro atoms. The third-order valence-electron chi connectivity index (χ3n) is 6.01. The van der Waals surface area contributed by atoms with Crippen molar-refractivity contribution in [2.75, 3.05) is 12.8 Å². The maximum absolute atomic E-state index is 11.3. The van der Waals surface area contributed by atoms with Gasteiger partial charge in [0, 0.05) is 38.3 Å². The van der Waals surface area contributed by atoms with Crippen molar-refractivity contribution in [2.45, 2.75) is 13.1 Å². The molecule has 4 aromatic carbocycles. The lowest BCUT2D eigenvalue weighted by atomic mass is 10.2. The van der Waals surface area contributed by atoms with Crippen LogP contribution in [-0.2, 0) is 13.1 Å². The summed E-state index contributed by atoms with van der Waals surface area (Å²) in [7, 11) is 1.50.